The van der Waals surface area contributed by atoms with Gasteiger partial charge in [0, 0.05) is 26.1 Å². The maximum atomic E-state index is 13.5. The number of carbonyl (C=O) groups excluding carboxylic acids is 2. The lowest BCUT2D eigenvalue weighted by Crippen LogP contribution is -2.67. The van der Waals surface area contributed by atoms with Gasteiger partial charge in [-0.3, -0.25) is 9.59 Å². The molecule has 0 N–H and O–H groups in total. The number of esters is 2. The summed E-state index contributed by atoms with van der Waals surface area (Å²) in [4.78, 5) is 27.0. The molecule has 192 valence electrons. The minimum atomic E-state index is -1.27. The minimum absolute atomic E-state index is 0.0689. The van der Waals surface area contributed by atoms with E-state index in [2.05, 4.69) is 0 Å². The van der Waals surface area contributed by atoms with Crippen LogP contribution in [0.3, 0.4) is 0 Å². The van der Waals surface area contributed by atoms with Crippen LogP contribution in [-0.4, -0.2) is 63.2 Å². The van der Waals surface area contributed by atoms with Crippen LogP contribution in [-0.2, 0) is 38.0 Å². The van der Waals surface area contributed by atoms with E-state index in [9.17, 15) is 9.59 Å². The first kappa shape index (κ1) is 24.9. The van der Waals surface area contributed by atoms with Crippen LogP contribution >= 0.6 is 0 Å². The zero-order chi connectivity index (χ0) is 25.5. The highest BCUT2D eigenvalue weighted by atomic mass is 16.8. The Balaban J connectivity index is 1.48. The van der Waals surface area contributed by atoms with E-state index in [4.69, 9.17) is 28.4 Å². The van der Waals surface area contributed by atoms with Crippen molar-refractivity contribution >= 4 is 11.9 Å². The molecule has 0 radical (unpaired) electrons. The zero-order valence-electron chi connectivity index (χ0n) is 20.9. The average molecular weight is 497 g/mol. The fourth-order valence-corrected chi connectivity index (χ4v) is 5.73. The molecule has 1 saturated carbocycles. The maximum absolute atomic E-state index is 13.5. The molecule has 2 aromatic rings. The zero-order valence-corrected chi connectivity index (χ0v) is 20.9. The highest BCUT2D eigenvalue weighted by Crippen LogP contribution is 2.58. The van der Waals surface area contributed by atoms with Crippen molar-refractivity contribution in [1.82, 2.24) is 0 Å². The molecule has 2 aromatic carbocycles. The molecule has 1 aliphatic carbocycles. The van der Waals surface area contributed by atoms with Gasteiger partial charge in [0.1, 0.15) is 25.4 Å². The van der Waals surface area contributed by atoms with Gasteiger partial charge in [-0.15, -0.1) is 0 Å². The molecule has 2 heterocycles. The molecular formula is C28H32O8. The molecule has 2 aliphatic heterocycles. The summed E-state index contributed by atoms with van der Waals surface area (Å²) in [6.07, 6.45) is -1.43. The van der Waals surface area contributed by atoms with E-state index in [1.807, 2.05) is 60.7 Å². The van der Waals surface area contributed by atoms with Gasteiger partial charge in [0.2, 0.25) is 11.6 Å². The van der Waals surface area contributed by atoms with Crippen LogP contribution in [0, 0.1) is 11.8 Å². The van der Waals surface area contributed by atoms with Crippen molar-refractivity contribution in [3.8, 4) is 0 Å². The quantitative estimate of drug-likeness (QED) is 0.595. The summed E-state index contributed by atoms with van der Waals surface area (Å²) in [5.41, 5.74) is 1.96. The lowest BCUT2D eigenvalue weighted by Gasteiger charge is -2.53. The van der Waals surface area contributed by atoms with E-state index in [0.29, 0.717) is 0 Å². The summed E-state index contributed by atoms with van der Waals surface area (Å²) >= 11 is 0. The van der Waals surface area contributed by atoms with Gasteiger partial charge in [-0.25, -0.2) is 0 Å². The predicted octanol–water partition coefficient (Wildman–Crippen LogP) is 3.41. The number of hydrogen-bond acceptors (Lipinski definition) is 8. The first-order chi connectivity index (χ1) is 17.3. The van der Waals surface area contributed by atoms with Crippen molar-refractivity contribution in [2.75, 3.05) is 27.4 Å². The fraction of sp³-hybridized carbons (Fsp3) is 0.500. The molecule has 0 bridgehead atoms. The molecular weight excluding hydrogens is 464 g/mol. The largest absolute Gasteiger partial charge is 0.463 e. The molecule has 3 fully saturated rings. The Labute approximate surface area is 210 Å². The summed E-state index contributed by atoms with van der Waals surface area (Å²) < 4.78 is 35.1. The van der Waals surface area contributed by atoms with Gasteiger partial charge in [-0.2, -0.15) is 0 Å². The van der Waals surface area contributed by atoms with Gasteiger partial charge >= 0.3 is 11.9 Å². The summed E-state index contributed by atoms with van der Waals surface area (Å²) in [6, 6.07) is 19.5. The van der Waals surface area contributed by atoms with Crippen LogP contribution in [0.5, 0.6) is 0 Å². The number of fused-ring (bicyclic) bond motifs is 2. The van der Waals surface area contributed by atoms with Gasteiger partial charge in [0.05, 0.1) is 11.8 Å². The lowest BCUT2D eigenvalue weighted by atomic mass is 9.52. The van der Waals surface area contributed by atoms with Crippen LogP contribution in [0.2, 0.25) is 0 Å². The normalized spacial score (nSPS) is 38.6. The van der Waals surface area contributed by atoms with Crippen molar-refractivity contribution in [2.24, 2.45) is 11.8 Å². The molecule has 8 heteroatoms. The van der Waals surface area contributed by atoms with Gasteiger partial charge in [-0.1, -0.05) is 60.7 Å². The van der Waals surface area contributed by atoms with Gasteiger partial charge < -0.3 is 28.4 Å². The molecule has 2 saturated heterocycles. The van der Waals surface area contributed by atoms with Crippen molar-refractivity contribution in [3.63, 3.8) is 0 Å². The summed E-state index contributed by atoms with van der Waals surface area (Å²) in [7, 11) is 2.97. The van der Waals surface area contributed by atoms with Crippen molar-refractivity contribution < 1.29 is 38.0 Å². The molecule has 5 rings (SSSR count). The van der Waals surface area contributed by atoms with E-state index >= 15 is 0 Å². The number of methoxy groups -OCH3 is 2. The molecule has 0 aromatic heterocycles. The molecule has 0 spiro atoms. The van der Waals surface area contributed by atoms with E-state index in [-0.39, 0.29) is 25.0 Å². The number of hydrogen-bond donors (Lipinski definition) is 0. The Morgan fingerprint density at radius 1 is 0.639 bits per heavy atom. The number of benzene rings is 2. The van der Waals surface area contributed by atoms with Crippen LogP contribution in [0.4, 0.5) is 0 Å². The molecule has 0 amide bonds. The van der Waals surface area contributed by atoms with Crippen molar-refractivity contribution in [3.05, 3.63) is 71.8 Å². The second-order valence-corrected chi connectivity index (χ2v) is 9.80. The highest BCUT2D eigenvalue weighted by molar-refractivity contribution is 5.87. The average Bonchev–Trinajstić information content (AvgIpc) is 2.88. The van der Waals surface area contributed by atoms with Crippen LogP contribution in [0.15, 0.2) is 60.7 Å². The first-order valence-electron chi connectivity index (χ1n) is 12.2. The molecule has 8 atom stereocenters. The molecule has 0 unspecified atom stereocenters. The molecule has 8 nitrogen and oxygen atoms in total. The third-order valence-corrected chi connectivity index (χ3v) is 8.01. The Hall–Kier alpha value is -2.78. The number of ether oxygens (including phenoxy) is 6. The summed E-state index contributed by atoms with van der Waals surface area (Å²) in [5.74, 6) is -5.26. The topological polar surface area (TPSA) is 89.5 Å². The van der Waals surface area contributed by atoms with Crippen LogP contribution < -0.4 is 0 Å². The lowest BCUT2D eigenvalue weighted by molar-refractivity contribution is -0.451. The van der Waals surface area contributed by atoms with E-state index < -0.39 is 47.6 Å². The van der Waals surface area contributed by atoms with Crippen LogP contribution in [0.1, 0.15) is 36.8 Å². The summed E-state index contributed by atoms with van der Waals surface area (Å²) in [5, 5.41) is 0. The third kappa shape index (κ3) is 4.02. The van der Waals surface area contributed by atoms with Gasteiger partial charge in [0.25, 0.3) is 0 Å². The van der Waals surface area contributed by atoms with Crippen LogP contribution in [0.25, 0.3) is 0 Å². The highest BCUT2D eigenvalue weighted by Gasteiger charge is 2.61. The van der Waals surface area contributed by atoms with Crippen molar-refractivity contribution in [2.45, 2.75) is 49.5 Å². The fourth-order valence-electron chi connectivity index (χ4n) is 5.73. The van der Waals surface area contributed by atoms with E-state index in [1.165, 1.54) is 14.2 Å². The van der Waals surface area contributed by atoms with Crippen molar-refractivity contribution in [1.29, 1.82) is 0 Å². The minimum Gasteiger partial charge on any atom is -0.463 e. The number of cyclic esters (lactones) is 2. The second kappa shape index (κ2) is 9.59. The van der Waals surface area contributed by atoms with E-state index in [0.717, 1.165) is 11.1 Å². The monoisotopic (exact) mass is 496 g/mol. The Bertz CT molecular complexity index is 1000. The Morgan fingerprint density at radius 2 is 1.00 bits per heavy atom. The predicted molar refractivity (Wildman–Crippen MR) is 128 cm³/mol. The smallest absolute Gasteiger partial charge is 0.310 e. The Kier molecular flexibility index (Phi) is 6.63. The molecule has 3 aliphatic rings. The number of carbonyl (C=O) groups is 2. The second-order valence-electron chi connectivity index (χ2n) is 9.80. The summed E-state index contributed by atoms with van der Waals surface area (Å²) in [6.45, 7) is 3.25. The van der Waals surface area contributed by atoms with Gasteiger partial charge in [0.15, 0.2) is 0 Å². The van der Waals surface area contributed by atoms with Gasteiger partial charge in [-0.05, 0) is 25.0 Å². The maximum Gasteiger partial charge on any atom is 0.310 e. The third-order valence-electron chi connectivity index (χ3n) is 8.01. The SMILES string of the molecule is CO[C@]1(C)O[C@H]2COC(=O)[C@H]3[C@H](C(=O)OC[C@@H]2O[C@@]1(C)OC)[C@H](c1ccccc1)[C@@H]3c1ccccc1. The first-order valence-corrected chi connectivity index (χ1v) is 12.2. The number of rotatable bonds is 4. The Morgan fingerprint density at radius 3 is 1.33 bits per heavy atom. The molecule has 36 heavy (non-hydrogen) atoms. The standard InChI is InChI=1S/C28H32O8/c1-27(31-3)28(2,32-4)36-20-16-34-26(30)24-22(18-13-9-6-10-14-18)21(17-11-7-5-8-12-17)23(24)25(29)33-15-19(20)35-27/h5-14,19-24H,15-16H2,1-4H3/t19-,20-,21-,22+,23+,24+,27+,28+/m0/s1. The van der Waals surface area contributed by atoms with E-state index in [1.54, 1.807) is 13.8 Å².